The second-order valence-electron chi connectivity index (χ2n) is 9.74. The SMILES string of the molecule is C[C@@H]1C[C@H](C)CN(c2cc(N3CCCCC3)nc(NC(=S)NC3CCCCC3)n2)C1. The molecule has 6 nitrogen and oxygen atoms in total. The highest BCUT2D eigenvalue weighted by Gasteiger charge is 2.25. The molecule has 30 heavy (non-hydrogen) atoms. The van der Waals surface area contributed by atoms with Gasteiger partial charge in [-0.2, -0.15) is 9.97 Å². The van der Waals surface area contributed by atoms with Crippen LogP contribution in [-0.4, -0.2) is 47.3 Å². The monoisotopic (exact) mass is 430 g/mol. The van der Waals surface area contributed by atoms with E-state index >= 15 is 0 Å². The molecule has 2 aliphatic heterocycles. The third-order valence-corrected chi connectivity index (χ3v) is 6.96. The van der Waals surface area contributed by atoms with Crippen LogP contribution in [0.15, 0.2) is 6.07 Å². The van der Waals surface area contributed by atoms with Gasteiger partial charge in [-0.25, -0.2) is 0 Å². The summed E-state index contributed by atoms with van der Waals surface area (Å²) in [6.07, 6.45) is 11.4. The molecule has 7 heteroatoms. The first-order valence-electron chi connectivity index (χ1n) is 12.0. The summed E-state index contributed by atoms with van der Waals surface area (Å²) in [4.78, 5) is 14.6. The lowest BCUT2D eigenvalue weighted by Gasteiger charge is -2.36. The van der Waals surface area contributed by atoms with Crippen LogP contribution in [0.1, 0.15) is 71.6 Å². The third kappa shape index (κ3) is 5.74. The van der Waals surface area contributed by atoms with Crippen LogP contribution >= 0.6 is 12.2 Å². The number of thiocarbonyl (C=S) groups is 1. The van der Waals surface area contributed by atoms with Gasteiger partial charge in [-0.3, -0.25) is 0 Å². The van der Waals surface area contributed by atoms with Gasteiger partial charge in [0, 0.05) is 38.3 Å². The van der Waals surface area contributed by atoms with Gasteiger partial charge in [0.25, 0.3) is 0 Å². The molecule has 0 unspecified atom stereocenters. The first-order valence-corrected chi connectivity index (χ1v) is 12.4. The van der Waals surface area contributed by atoms with Crippen molar-refractivity contribution in [1.82, 2.24) is 15.3 Å². The number of rotatable bonds is 4. The van der Waals surface area contributed by atoms with E-state index in [0.29, 0.717) is 28.9 Å². The standard InChI is InChI=1S/C23H38N6S/c1-17-13-18(2)16-29(15-17)21-14-20(28-11-7-4-8-12-28)25-22(26-21)27-23(30)24-19-9-5-3-6-10-19/h14,17-19H,3-13,15-16H2,1-2H3,(H2,24,25,26,27,30)/t17-,18+. The van der Waals surface area contributed by atoms with E-state index in [2.05, 4.69) is 40.3 Å². The predicted octanol–water partition coefficient (Wildman–Crippen LogP) is 4.57. The highest BCUT2D eigenvalue weighted by atomic mass is 32.1. The Bertz CT molecular complexity index is 704. The fourth-order valence-corrected chi connectivity index (χ4v) is 5.60. The number of nitrogens with zero attached hydrogens (tertiary/aromatic N) is 4. The molecular weight excluding hydrogens is 392 g/mol. The van der Waals surface area contributed by atoms with Crippen LogP contribution in [0, 0.1) is 11.8 Å². The summed E-state index contributed by atoms with van der Waals surface area (Å²) in [6.45, 7) is 8.96. The number of nitrogens with one attached hydrogen (secondary N) is 2. The normalized spacial score (nSPS) is 25.8. The molecule has 2 N–H and O–H groups in total. The highest BCUT2D eigenvalue weighted by molar-refractivity contribution is 7.80. The molecule has 2 saturated heterocycles. The van der Waals surface area contributed by atoms with Crippen LogP contribution in [0.5, 0.6) is 0 Å². The van der Waals surface area contributed by atoms with E-state index in [9.17, 15) is 0 Å². The van der Waals surface area contributed by atoms with Crippen molar-refractivity contribution in [3.63, 3.8) is 0 Å². The molecule has 0 radical (unpaired) electrons. The molecule has 1 aliphatic carbocycles. The predicted molar refractivity (Wildman–Crippen MR) is 129 cm³/mol. The summed E-state index contributed by atoms with van der Waals surface area (Å²) in [7, 11) is 0. The molecule has 0 aromatic carbocycles. The van der Waals surface area contributed by atoms with E-state index in [1.807, 2.05) is 0 Å². The summed E-state index contributed by atoms with van der Waals surface area (Å²) in [5, 5.41) is 7.46. The summed E-state index contributed by atoms with van der Waals surface area (Å²) in [5.41, 5.74) is 0. The van der Waals surface area contributed by atoms with Crippen LogP contribution < -0.4 is 20.4 Å². The third-order valence-electron chi connectivity index (χ3n) is 6.74. The maximum Gasteiger partial charge on any atom is 0.232 e. The minimum absolute atomic E-state index is 0.479. The van der Waals surface area contributed by atoms with Gasteiger partial charge in [-0.15, -0.1) is 0 Å². The smallest absolute Gasteiger partial charge is 0.232 e. The van der Waals surface area contributed by atoms with Crippen LogP contribution in [0.4, 0.5) is 17.6 Å². The molecule has 1 aromatic heterocycles. The molecule has 0 amide bonds. The molecule has 2 atom stereocenters. The van der Waals surface area contributed by atoms with Gasteiger partial charge >= 0.3 is 0 Å². The van der Waals surface area contributed by atoms with Crippen LogP contribution in [0.3, 0.4) is 0 Å². The van der Waals surface area contributed by atoms with Crippen LogP contribution in [0.25, 0.3) is 0 Å². The molecule has 0 bridgehead atoms. The summed E-state index contributed by atoms with van der Waals surface area (Å²) >= 11 is 5.62. The Morgan fingerprint density at radius 3 is 2.17 bits per heavy atom. The van der Waals surface area contributed by atoms with E-state index in [1.54, 1.807) is 0 Å². The molecule has 1 saturated carbocycles. The Labute approximate surface area is 187 Å². The zero-order valence-corrected chi connectivity index (χ0v) is 19.5. The summed E-state index contributed by atoms with van der Waals surface area (Å²) in [6, 6.07) is 2.67. The Morgan fingerprint density at radius 1 is 0.900 bits per heavy atom. The van der Waals surface area contributed by atoms with Crippen LogP contribution in [0.2, 0.25) is 0 Å². The van der Waals surface area contributed by atoms with Crippen molar-refractivity contribution in [3.8, 4) is 0 Å². The number of hydrogen-bond donors (Lipinski definition) is 2. The lowest BCUT2D eigenvalue weighted by molar-refractivity contribution is 0.355. The number of piperidine rings is 2. The average molecular weight is 431 g/mol. The molecule has 0 spiro atoms. The van der Waals surface area contributed by atoms with E-state index < -0.39 is 0 Å². The molecule has 4 rings (SSSR count). The van der Waals surface area contributed by atoms with Crippen molar-refractivity contribution in [3.05, 3.63) is 6.07 Å². The lowest BCUT2D eigenvalue weighted by atomic mass is 9.92. The lowest BCUT2D eigenvalue weighted by Crippen LogP contribution is -2.41. The minimum Gasteiger partial charge on any atom is -0.360 e. The Morgan fingerprint density at radius 2 is 1.50 bits per heavy atom. The maximum atomic E-state index is 5.62. The molecule has 3 fully saturated rings. The van der Waals surface area contributed by atoms with Crippen molar-refractivity contribution in [2.45, 2.75) is 77.7 Å². The largest absolute Gasteiger partial charge is 0.360 e. The van der Waals surface area contributed by atoms with Gasteiger partial charge in [0.2, 0.25) is 5.95 Å². The Balaban J connectivity index is 1.52. The summed E-state index contributed by atoms with van der Waals surface area (Å²) < 4.78 is 0. The highest BCUT2D eigenvalue weighted by Crippen LogP contribution is 2.29. The molecule has 166 valence electrons. The zero-order valence-electron chi connectivity index (χ0n) is 18.7. The average Bonchev–Trinajstić information content (AvgIpc) is 2.74. The van der Waals surface area contributed by atoms with Gasteiger partial charge in [0.1, 0.15) is 11.6 Å². The van der Waals surface area contributed by atoms with E-state index in [0.717, 1.165) is 37.8 Å². The number of hydrogen-bond acceptors (Lipinski definition) is 5. The molecular formula is C23H38N6S. The first-order chi connectivity index (χ1) is 14.6. The second kappa shape index (κ2) is 10.1. The fraction of sp³-hybridized carbons (Fsp3) is 0.783. The van der Waals surface area contributed by atoms with Gasteiger partial charge in [0.05, 0.1) is 0 Å². The quantitative estimate of drug-likeness (QED) is 0.679. The Kier molecular flexibility index (Phi) is 7.28. The topological polar surface area (TPSA) is 56.3 Å². The van der Waals surface area contributed by atoms with E-state index in [1.165, 1.54) is 57.8 Å². The van der Waals surface area contributed by atoms with Gasteiger partial charge < -0.3 is 20.4 Å². The van der Waals surface area contributed by atoms with E-state index in [4.69, 9.17) is 22.2 Å². The van der Waals surface area contributed by atoms with Crippen molar-refractivity contribution < 1.29 is 0 Å². The number of anilines is 3. The first kappa shape index (κ1) is 21.6. The van der Waals surface area contributed by atoms with Crippen molar-refractivity contribution in [2.24, 2.45) is 11.8 Å². The maximum absolute atomic E-state index is 5.62. The Hall–Kier alpha value is -1.63. The van der Waals surface area contributed by atoms with Gasteiger partial charge in [-0.1, -0.05) is 33.1 Å². The zero-order chi connectivity index (χ0) is 20.9. The van der Waals surface area contributed by atoms with Gasteiger partial charge in [-0.05, 0) is 62.6 Å². The molecule has 1 aromatic rings. The van der Waals surface area contributed by atoms with Gasteiger partial charge in [0.15, 0.2) is 5.11 Å². The molecule has 3 heterocycles. The van der Waals surface area contributed by atoms with Crippen molar-refractivity contribution in [2.75, 3.05) is 41.3 Å². The second-order valence-corrected chi connectivity index (χ2v) is 10.1. The minimum atomic E-state index is 0.479. The molecule has 3 aliphatic rings. The van der Waals surface area contributed by atoms with Crippen molar-refractivity contribution >= 4 is 34.9 Å². The van der Waals surface area contributed by atoms with E-state index in [-0.39, 0.29) is 0 Å². The van der Waals surface area contributed by atoms with Crippen molar-refractivity contribution in [1.29, 1.82) is 0 Å². The fourth-order valence-electron chi connectivity index (χ4n) is 5.34. The number of aromatic nitrogens is 2. The van der Waals surface area contributed by atoms with Crippen LogP contribution in [-0.2, 0) is 0 Å². The summed E-state index contributed by atoms with van der Waals surface area (Å²) in [5.74, 6) is 4.08.